The van der Waals surface area contributed by atoms with Gasteiger partial charge in [-0.25, -0.2) is 4.98 Å². The molecule has 1 aromatic heterocycles. The van der Waals surface area contributed by atoms with E-state index in [1.54, 1.807) is 0 Å². The number of carbonyl (C=O) groups is 1. The van der Waals surface area contributed by atoms with Crippen LogP contribution in [0.2, 0.25) is 0 Å². The lowest BCUT2D eigenvalue weighted by Crippen LogP contribution is -2.56. The SMILES string of the molecule is O=C(C1=CC2=CC=C[N@@+]2(N2CCC(c3nc4ccccc4n3-c3ccccc3)CC2)C1)N1CCSC1. The summed E-state index contributed by atoms with van der Waals surface area (Å²) in [5, 5.41) is 2.55. The van der Waals surface area contributed by atoms with Gasteiger partial charge >= 0.3 is 0 Å². The maximum atomic E-state index is 13.2. The lowest BCUT2D eigenvalue weighted by Gasteiger charge is -2.42. The summed E-state index contributed by atoms with van der Waals surface area (Å²) in [5.41, 5.74) is 5.56. The molecule has 4 aliphatic heterocycles. The molecule has 0 unspecified atom stereocenters. The number of imidazole rings is 1. The molecule has 0 aliphatic carbocycles. The van der Waals surface area contributed by atoms with E-state index in [1.165, 1.54) is 16.9 Å². The van der Waals surface area contributed by atoms with Crippen LogP contribution in [-0.4, -0.2) is 67.8 Å². The number of rotatable bonds is 4. The van der Waals surface area contributed by atoms with Gasteiger partial charge in [-0.15, -0.1) is 16.8 Å². The zero-order chi connectivity index (χ0) is 24.1. The maximum Gasteiger partial charge on any atom is 0.256 e. The van der Waals surface area contributed by atoms with E-state index in [2.05, 4.69) is 88.6 Å². The first kappa shape index (κ1) is 22.1. The summed E-state index contributed by atoms with van der Waals surface area (Å²) in [4.78, 5) is 20.3. The molecule has 4 aliphatic rings. The Morgan fingerprint density at radius 3 is 2.61 bits per heavy atom. The zero-order valence-electron chi connectivity index (χ0n) is 20.3. The standard InChI is InChI=1S/C29H30N5OS/c35-29(31-16-18-36-21-31)23-19-25-9-6-17-34(25,20-23)32-14-12-22(13-15-32)28-30-26-10-4-5-11-27(26)33(28)24-7-2-1-3-8-24/h1-11,17,19,22H,12-16,18,20-21H2/q+1/t34-/m1/s1. The summed E-state index contributed by atoms with van der Waals surface area (Å²) >= 11 is 1.84. The summed E-state index contributed by atoms with van der Waals surface area (Å²) in [7, 11) is 0. The number of piperidine rings is 1. The molecule has 7 heteroatoms. The number of amides is 1. The first-order valence-electron chi connectivity index (χ1n) is 12.9. The third-order valence-corrected chi connectivity index (χ3v) is 9.00. The number of thioether (sulfide) groups is 1. The van der Waals surface area contributed by atoms with Crippen LogP contribution in [0.4, 0.5) is 0 Å². The van der Waals surface area contributed by atoms with Crippen LogP contribution in [-0.2, 0) is 4.79 Å². The number of fused-ring (bicyclic) bond motifs is 2. The number of carbonyl (C=O) groups excluding carboxylic acids is 1. The van der Waals surface area contributed by atoms with Gasteiger partial charge in [0.2, 0.25) is 0 Å². The summed E-state index contributed by atoms with van der Waals surface area (Å²) in [6.07, 6.45) is 10.8. The second kappa shape index (κ2) is 8.76. The molecule has 7 rings (SSSR count). The Morgan fingerprint density at radius 1 is 1.00 bits per heavy atom. The normalized spacial score (nSPS) is 24.4. The highest BCUT2D eigenvalue weighted by atomic mass is 32.2. The summed E-state index contributed by atoms with van der Waals surface area (Å²) in [5.74, 6) is 3.63. The van der Waals surface area contributed by atoms with E-state index >= 15 is 0 Å². The van der Waals surface area contributed by atoms with E-state index in [9.17, 15) is 4.79 Å². The molecule has 36 heavy (non-hydrogen) atoms. The number of para-hydroxylation sites is 3. The highest BCUT2D eigenvalue weighted by Crippen LogP contribution is 2.41. The molecule has 1 atom stereocenters. The van der Waals surface area contributed by atoms with E-state index in [-0.39, 0.29) is 5.91 Å². The first-order valence-corrected chi connectivity index (χ1v) is 14.0. The van der Waals surface area contributed by atoms with Crippen molar-refractivity contribution in [1.29, 1.82) is 0 Å². The summed E-state index contributed by atoms with van der Waals surface area (Å²) in [6, 6.07) is 19.1. The molecule has 3 aromatic rings. The van der Waals surface area contributed by atoms with Crippen LogP contribution in [0.5, 0.6) is 0 Å². The van der Waals surface area contributed by atoms with E-state index in [0.717, 1.165) is 67.6 Å². The van der Waals surface area contributed by atoms with Gasteiger partial charge in [-0.2, -0.15) is 4.59 Å². The van der Waals surface area contributed by atoms with Crippen molar-refractivity contribution < 1.29 is 9.39 Å². The van der Waals surface area contributed by atoms with Gasteiger partial charge in [-0.1, -0.05) is 30.3 Å². The average Bonchev–Trinajstić information content (AvgIpc) is 3.71. The van der Waals surface area contributed by atoms with Crippen LogP contribution in [0, 0.1) is 0 Å². The summed E-state index contributed by atoms with van der Waals surface area (Å²) in [6.45, 7) is 3.54. The van der Waals surface area contributed by atoms with Crippen molar-refractivity contribution >= 4 is 28.7 Å². The minimum absolute atomic E-state index is 0.215. The maximum absolute atomic E-state index is 13.2. The summed E-state index contributed by atoms with van der Waals surface area (Å²) < 4.78 is 3.02. The van der Waals surface area contributed by atoms with Crippen molar-refractivity contribution in [1.82, 2.24) is 19.5 Å². The fourth-order valence-electron chi connectivity index (χ4n) is 6.20. The van der Waals surface area contributed by atoms with Crippen molar-refractivity contribution in [3.05, 3.63) is 96.1 Å². The molecule has 2 fully saturated rings. The predicted molar refractivity (Wildman–Crippen MR) is 144 cm³/mol. The molecule has 5 heterocycles. The number of benzene rings is 2. The monoisotopic (exact) mass is 496 g/mol. The Bertz CT molecular complexity index is 1410. The molecule has 2 aromatic carbocycles. The molecule has 0 bridgehead atoms. The quantitative estimate of drug-likeness (QED) is 0.486. The fraction of sp³-hybridized carbons (Fsp3) is 0.310. The molecule has 6 nitrogen and oxygen atoms in total. The second-order valence-corrected chi connectivity index (χ2v) is 11.1. The third-order valence-electron chi connectivity index (χ3n) is 8.04. The van der Waals surface area contributed by atoms with Crippen LogP contribution in [0.3, 0.4) is 0 Å². The van der Waals surface area contributed by atoms with E-state index in [4.69, 9.17) is 4.98 Å². The molecule has 0 saturated carbocycles. The van der Waals surface area contributed by atoms with Gasteiger partial charge in [-0.3, -0.25) is 9.36 Å². The molecule has 182 valence electrons. The van der Waals surface area contributed by atoms with Crippen molar-refractivity contribution in [3.8, 4) is 5.69 Å². The third kappa shape index (κ3) is 3.49. The van der Waals surface area contributed by atoms with E-state index in [0.29, 0.717) is 10.5 Å². The Morgan fingerprint density at radius 2 is 1.81 bits per heavy atom. The largest absolute Gasteiger partial charge is 0.329 e. The van der Waals surface area contributed by atoms with Crippen LogP contribution in [0.1, 0.15) is 24.6 Å². The number of hydrogen-bond donors (Lipinski definition) is 0. The molecular formula is C29H30N5OS+. The molecule has 2 saturated heterocycles. The van der Waals surface area contributed by atoms with Crippen LogP contribution < -0.4 is 0 Å². The molecular weight excluding hydrogens is 466 g/mol. The average molecular weight is 497 g/mol. The van der Waals surface area contributed by atoms with Crippen molar-refractivity contribution in [2.24, 2.45) is 0 Å². The van der Waals surface area contributed by atoms with E-state index < -0.39 is 0 Å². The highest BCUT2D eigenvalue weighted by Gasteiger charge is 2.48. The minimum Gasteiger partial charge on any atom is -0.329 e. The number of allylic oxidation sites excluding steroid dienone is 3. The van der Waals surface area contributed by atoms with Gasteiger partial charge in [0, 0.05) is 49.1 Å². The van der Waals surface area contributed by atoms with Gasteiger partial charge in [0.05, 0.1) is 22.5 Å². The number of nitrogens with zero attached hydrogens (tertiary/aromatic N) is 5. The topological polar surface area (TPSA) is 41.4 Å². The lowest BCUT2D eigenvalue weighted by atomic mass is 9.96. The second-order valence-electron chi connectivity index (χ2n) is 10.1. The van der Waals surface area contributed by atoms with Crippen molar-refractivity contribution in [2.75, 3.05) is 37.8 Å². The van der Waals surface area contributed by atoms with E-state index in [1.807, 2.05) is 16.7 Å². The van der Waals surface area contributed by atoms with Crippen molar-refractivity contribution in [2.45, 2.75) is 18.8 Å². The van der Waals surface area contributed by atoms with Gasteiger partial charge in [0.15, 0.2) is 5.70 Å². The Labute approximate surface area is 215 Å². The first-order chi connectivity index (χ1) is 17.7. The molecule has 0 N–H and O–H groups in total. The van der Waals surface area contributed by atoms with Crippen LogP contribution in [0.25, 0.3) is 16.7 Å². The van der Waals surface area contributed by atoms with Crippen LogP contribution >= 0.6 is 11.8 Å². The molecule has 0 spiro atoms. The predicted octanol–water partition coefficient (Wildman–Crippen LogP) is 4.82. The number of hydrogen-bond acceptors (Lipinski definition) is 4. The Hall–Kier alpha value is -3.13. The molecule has 0 radical (unpaired) electrons. The zero-order valence-corrected chi connectivity index (χ0v) is 21.1. The van der Waals surface area contributed by atoms with Gasteiger partial charge in [-0.05, 0) is 43.2 Å². The number of quaternary nitrogens is 1. The lowest BCUT2D eigenvalue weighted by molar-refractivity contribution is -0.949. The number of aromatic nitrogens is 2. The smallest absolute Gasteiger partial charge is 0.256 e. The fourth-order valence-corrected chi connectivity index (χ4v) is 7.14. The van der Waals surface area contributed by atoms with Crippen LogP contribution in [0.15, 0.2) is 90.3 Å². The highest BCUT2D eigenvalue weighted by molar-refractivity contribution is 7.99. The van der Waals surface area contributed by atoms with Gasteiger partial charge in [0.25, 0.3) is 5.91 Å². The van der Waals surface area contributed by atoms with Gasteiger partial charge < -0.3 is 4.90 Å². The van der Waals surface area contributed by atoms with Crippen molar-refractivity contribution in [3.63, 3.8) is 0 Å². The minimum atomic E-state index is 0.215. The Kier molecular flexibility index (Phi) is 5.38. The van der Waals surface area contributed by atoms with Gasteiger partial charge in [0.1, 0.15) is 18.6 Å². The molecule has 1 amide bonds. The Balaban J connectivity index is 1.13.